The molecule has 0 N–H and O–H groups in total. The Morgan fingerprint density at radius 2 is 1.64 bits per heavy atom. The Morgan fingerprint density at radius 3 is 2.30 bits per heavy atom. The van der Waals surface area contributed by atoms with E-state index in [0.29, 0.717) is 17.3 Å². The van der Waals surface area contributed by atoms with E-state index < -0.39 is 0 Å². The van der Waals surface area contributed by atoms with Crippen LogP contribution in [0.5, 0.6) is 0 Å². The average Bonchev–Trinajstić information content (AvgIpc) is 3.01. The molecule has 0 heterocycles. The number of ketones is 1. The van der Waals surface area contributed by atoms with Crippen molar-refractivity contribution in [2.24, 2.45) is 34.5 Å². The summed E-state index contributed by atoms with van der Waals surface area (Å²) < 4.78 is 5.99. The van der Waals surface area contributed by atoms with Crippen molar-refractivity contribution in [3.8, 4) is 0 Å². The highest BCUT2D eigenvalue weighted by atomic mass is 16.5. The maximum atomic E-state index is 12.9. The molecule has 7 atom stereocenters. The minimum Gasteiger partial charge on any atom is -0.458 e. The van der Waals surface area contributed by atoms with E-state index in [1.165, 1.54) is 63.0 Å². The summed E-state index contributed by atoms with van der Waals surface area (Å²) in [5.41, 5.74) is 4.03. The largest absolute Gasteiger partial charge is 0.458 e. The fraction of sp³-hybridized carbons (Fsp3) is 0.800. The van der Waals surface area contributed by atoms with Crippen LogP contribution in [0.25, 0.3) is 0 Å². The Labute approximate surface area is 201 Å². The van der Waals surface area contributed by atoms with E-state index in [9.17, 15) is 9.59 Å². The monoisotopic (exact) mass is 454 g/mol. The van der Waals surface area contributed by atoms with Crippen molar-refractivity contribution in [2.75, 3.05) is 0 Å². The van der Waals surface area contributed by atoms with Crippen LogP contribution in [0.3, 0.4) is 0 Å². The van der Waals surface area contributed by atoms with E-state index in [2.05, 4.69) is 33.8 Å². The fourth-order valence-electron chi connectivity index (χ4n) is 8.97. The van der Waals surface area contributed by atoms with Crippen LogP contribution in [0.15, 0.2) is 22.8 Å². The Kier molecular flexibility index (Phi) is 7.00. The minimum atomic E-state index is -0.223. The van der Waals surface area contributed by atoms with Crippen molar-refractivity contribution < 1.29 is 14.3 Å². The number of ether oxygens (including phenoxy) is 1. The summed E-state index contributed by atoms with van der Waals surface area (Å²) in [4.78, 5) is 25.1. The van der Waals surface area contributed by atoms with Crippen molar-refractivity contribution in [3.05, 3.63) is 22.8 Å². The maximum Gasteiger partial charge on any atom is 0.303 e. The topological polar surface area (TPSA) is 43.4 Å². The third-order valence-corrected chi connectivity index (χ3v) is 10.4. The molecule has 4 aliphatic rings. The molecule has 0 saturated heterocycles. The molecule has 0 aliphatic heterocycles. The van der Waals surface area contributed by atoms with E-state index in [4.69, 9.17) is 4.74 Å². The summed E-state index contributed by atoms with van der Waals surface area (Å²) in [7, 11) is 0. The van der Waals surface area contributed by atoms with Gasteiger partial charge in [0, 0.05) is 6.92 Å². The van der Waals surface area contributed by atoms with Crippen LogP contribution in [0.2, 0.25) is 0 Å². The number of Topliss-reactive ketones (excluding diaryl/α,β-unsaturated/α-hetero) is 1. The third kappa shape index (κ3) is 4.39. The van der Waals surface area contributed by atoms with Crippen LogP contribution in [0.4, 0.5) is 0 Å². The molecule has 3 nitrogen and oxygen atoms in total. The van der Waals surface area contributed by atoms with Gasteiger partial charge in [-0.3, -0.25) is 9.59 Å². The van der Waals surface area contributed by atoms with Crippen molar-refractivity contribution in [3.63, 3.8) is 0 Å². The highest BCUT2D eigenvalue weighted by Crippen LogP contribution is 2.68. The third-order valence-electron chi connectivity index (χ3n) is 10.4. The molecule has 184 valence electrons. The second kappa shape index (κ2) is 9.34. The van der Waals surface area contributed by atoms with Gasteiger partial charge in [0.25, 0.3) is 0 Å². The molecule has 0 bridgehead atoms. The molecule has 7 unspecified atom stereocenters. The predicted molar refractivity (Wildman–Crippen MR) is 134 cm³/mol. The summed E-state index contributed by atoms with van der Waals surface area (Å²) >= 11 is 0. The first-order chi connectivity index (χ1) is 15.6. The Morgan fingerprint density at radius 1 is 0.939 bits per heavy atom. The minimum absolute atomic E-state index is 0.126. The molecule has 0 amide bonds. The fourth-order valence-corrected chi connectivity index (χ4v) is 8.97. The van der Waals surface area contributed by atoms with Gasteiger partial charge in [0.05, 0.1) is 0 Å². The van der Waals surface area contributed by atoms with Crippen LogP contribution < -0.4 is 0 Å². The lowest BCUT2D eigenvalue weighted by Gasteiger charge is -2.61. The molecule has 3 heteroatoms. The number of carbonyl (C=O) groups excluding carboxylic acids is 2. The van der Waals surface area contributed by atoms with Crippen LogP contribution in [0, 0.1) is 34.5 Å². The van der Waals surface area contributed by atoms with Gasteiger partial charge in [0.1, 0.15) is 6.10 Å². The lowest BCUT2D eigenvalue weighted by Crippen LogP contribution is -2.53. The second-order valence-corrected chi connectivity index (χ2v) is 12.5. The summed E-state index contributed by atoms with van der Waals surface area (Å²) in [5, 5.41) is 0. The zero-order chi connectivity index (χ0) is 24.0. The van der Waals surface area contributed by atoms with Gasteiger partial charge < -0.3 is 4.74 Å². The molecular weight excluding hydrogens is 408 g/mol. The Hall–Kier alpha value is -1.38. The highest BCUT2D eigenvalue weighted by molar-refractivity contribution is 5.94. The van der Waals surface area contributed by atoms with E-state index in [1.54, 1.807) is 6.92 Å². The predicted octanol–water partition coefficient (Wildman–Crippen LogP) is 7.59. The maximum absolute atomic E-state index is 12.9. The van der Waals surface area contributed by atoms with Crippen molar-refractivity contribution in [1.29, 1.82) is 0 Å². The van der Waals surface area contributed by atoms with Crippen molar-refractivity contribution >= 4 is 11.8 Å². The number of allylic oxidation sites excluding steroid dienone is 3. The average molecular weight is 455 g/mol. The Balaban J connectivity index is 1.72. The number of hydrogen-bond acceptors (Lipinski definition) is 3. The van der Waals surface area contributed by atoms with E-state index in [0.717, 1.165) is 43.1 Å². The first kappa shape index (κ1) is 24.7. The molecule has 0 spiro atoms. The molecule has 0 aromatic rings. The molecule has 0 aromatic heterocycles. The molecule has 4 fully saturated rings. The highest BCUT2D eigenvalue weighted by Gasteiger charge is 2.62. The number of carbonyl (C=O) groups is 2. The number of rotatable bonds is 5. The summed E-state index contributed by atoms with van der Waals surface area (Å²) in [6, 6.07) is 0. The second-order valence-electron chi connectivity index (χ2n) is 12.5. The molecule has 0 radical (unpaired) electrons. The SMILES string of the molecule is CC(=O)OC1CC2(C)C(CCC3C2CCC2CCCCC23C)/C1=C(\CCC=C(C)C)C(C)=O. The van der Waals surface area contributed by atoms with Crippen LogP contribution in [-0.2, 0) is 14.3 Å². The molecule has 33 heavy (non-hydrogen) atoms. The summed E-state index contributed by atoms with van der Waals surface area (Å²) in [5.74, 6) is 2.67. The van der Waals surface area contributed by atoms with E-state index >= 15 is 0 Å². The molecule has 4 rings (SSSR count). The molecule has 4 saturated carbocycles. The van der Waals surface area contributed by atoms with Crippen molar-refractivity contribution in [1.82, 2.24) is 0 Å². The lowest BCUT2D eigenvalue weighted by molar-refractivity contribution is -0.146. The van der Waals surface area contributed by atoms with Gasteiger partial charge in [-0.05, 0) is 124 Å². The number of hydrogen-bond donors (Lipinski definition) is 0. The number of fused-ring (bicyclic) bond motifs is 5. The van der Waals surface area contributed by atoms with Gasteiger partial charge in [-0.15, -0.1) is 0 Å². The zero-order valence-corrected chi connectivity index (χ0v) is 22.0. The first-order valence-electron chi connectivity index (χ1n) is 13.6. The molecular formula is C30H46O3. The molecule has 4 aliphatic carbocycles. The van der Waals surface area contributed by atoms with E-state index in [-0.39, 0.29) is 23.3 Å². The van der Waals surface area contributed by atoms with E-state index in [1.807, 2.05) is 0 Å². The van der Waals surface area contributed by atoms with Gasteiger partial charge in [0.2, 0.25) is 0 Å². The lowest BCUT2D eigenvalue weighted by atomic mass is 9.44. The smallest absolute Gasteiger partial charge is 0.303 e. The summed E-state index contributed by atoms with van der Waals surface area (Å²) in [6.45, 7) is 12.5. The van der Waals surface area contributed by atoms with Gasteiger partial charge in [0.15, 0.2) is 5.78 Å². The normalized spacial score (nSPS) is 41.3. The molecule has 0 aromatic carbocycles. The van der Waals surface area contributed by atoms with Crippen molar-refractivity contribution in [2.45, 2.75) is 118 Å². The number of esters is 1. The van der Waals surface area contributed by atoms with Crippen LogP contribution >= 0.6 is 0 Å². The quantitative estimate of drug-likeness (QED) is 0.244. The Bertz CT molecular complexity index is 847. The standard InChI is InChI=1S/C30H46O3/c1-19(2)10-9-12-23(20(3)31)28-26-16-15-24-25(30(26,6)18-27(28)33-21(4)32)14-13-22-11-7-8-17-29(22,24)5/h10,22,24-27H,7-9,11-18H2,1-6H3/b28-23-. The van der Waals surface area contributed by atoms with Gasteiger partial charge in [-0.25, -0.2) is 0 Å². The van der Waals surface area contributed by atoms with Crippen LogP contribution in [0.1, 0.15) is 112 Å². The van der Waals surface area contributed by atoms with Gasteiger partial charge >= 0.3 is 5.97 Å². The zero-order valence-electron chi connectivity index (χ0n) is 22.0. The van der Waals surface area contributed by atoms with Gasteiger partial charge in [-0.2, -0.15) is 0 Å². The van der Waals surface area contributed by atoms with Crippen LogP contribution in [-0.4, -0.2) is 17.9 Å². The van der Waals surface area contributed by atoms with Gasteiger partial charge in [-0.1, -0.05) is 38.3 Å². The first-order valence-corrected chi connectivity index (χ1v) is 13.6. The summed E-state index contributed by atoms with van der Waals surface area (Å²) in [6.07, 6.45) is 15.2.